The number of rotatable bonds is 3. The van der Waals surface area contributed by atoms with Crippen LogP contribution in [0.4, 0.5) is 0 Å². The molecule has 0 aromatic carbocycles. The Bertz CT molecular complexity index is 175. The van der Waals surface area contributed by atoms with Crippen LogP contribution >= 0.6 is 0 Å². The van der Waals surface area contributed by atoms with Crippen molar-refractivity contribution in [1.29, 1.82) is 0 Å². The lowest BCUT2D eigenvalue weighted by Gasteiger charge is -2.41. The molecule has 0 spiro atoms. The van der Waals surface area contributed by atoms with Crippen LogP contribution in [0.1, 0.15) is 40.5 Å². The number of hydrogen-bond acceptors (Lipinski definition) is 2. The molecule has 15 heavy (non-hydrogen) atoms. The lowest BCUT2D eigenvalue weighted by Crippen LogP contribution is -2.47. The third-order valence-electron chi connectivity index (χ3n) is 3.67. The Morgan fingerprint density at radius 3 is 2.13 bits per heavy atom. The summed E-state index contributed by atoms with van der Waals surface area (Å²) in [5, 5.41) is 0. The van der Waals surface area contributed by atoms with Crippen molar-refractivity contribution >= 4 is 0 Å². The quantitative estimate of drug-likeness (QED) is 0.709. The van der Waals surface area contributed by atoms with Gasteiger partial charge in [-0.05, 0) is 66.2 Å². The number of piperidine rings is 1. The fraction of sp³-hybridized carbons (Fsp3) is 1.00. The van der Waals surface area contributed by atoms with E-state index in [0.717, 1.165) is 5.92 Å². The molecule has 2 heteroatoms. The molecular weight excluding hydrogens is 184 g/mol. The molecule has 0 atom stereocenters. The normalized spacial score (nSPS) is 21.2. The van der Waals surface area contributed by atoms with Gasteiger partial charge in [-0.3, -0.25) is 4.90 Å². The summed E-state index contributed by atoms with van der Waals surface area (Å²) < 4.78 is 0. The van der Waals surface area contributed by atoms with Gasteiger partial charge in [0.05, 0.1) is 0 Å². The van der Waals surface area contributed by atoms with Crippen LogP contribution in [-0.4, -0.2) is 48.6 Å². The van der Waals surface area contributed by atoms with Gasteiger partial charge in [-0.15, -0.1) is 0 Å². The van der Waals surface area contributed by atoms with Gasteiger partial charge in [0.1, 0.15) is 0 Å². The van der Waals surface area contributed by atoms with Crippen molar-refractivity contribution in [3.8, 4) is 0 Å². The highest BCUT2D eigenvalue weighted by atomic mass is 15.2. The minimum Gasteiger partial charge on any atom is -0.306 e. The average Bonchev–Trinajstić information content (AvgIpc) is 2.17. The molecule has 0 radical (unpaired) electrons. The van der Waals surface area contributed by atoms with Crippen molar-refractivity contribution in [3.05, 3.63) is 0 Å². The standard InChI is InChI=1S/C13H28N2/c1-6-14(5)11-12-7-9-15(10-8-12)13(2,3)4/h12H,6-11H2,1-5H3. The van der Waals surface area contributed by atoms with Crippen LogP contribution in [0.15, 0.2) is 0 Å². The first-order valence-electron chi connectivity index (χ1n) is 6.37. The fourth-order valence-electron chi connectivity index (χ4n) is 2.36. The molecule has 0 aromatic rings. The molecule has 1 heterocycles. The maximum atomic E-state index is 2.62. The van der Waals surface area contributed by atoms with E-state index in [1.165, 1.54) is 39.0 Å². The minimum absolute atomic E-state index is 0.363. The maximum absolute atomic E-state index is 2.62. The molecule has 0 saturated carbocycles. The van der Waals surface area contributed by atoms with Gasteiger partial charge >= 0.3 is 0 Å². The Balaban J connectivity index is 2.30. The summed E-state index contributed by atoms with van der Waals surface area (Å²) >= 11 is 0. The molecule has 0 aromatic heterocycles. The molecule has 0 aliphatic carbocycles. The molecule has 0 N–H and O–H groups in total. The van der Waals surface area contributed by atoms with E-state index in [1.807, 2.05) is 0 Å². The smallest absolute Gasteiger partial charge is 0.0125 e. The molecule has 2 nitrogen and oxygen atoms in total. The first kappa shape index (κ1) is 13.0. The van der Waals surface area contributed by atoms with E-state index in [-0.39, 0.29) is 0 Å². The van der Waals surface area contributed by atoms with E-state index in [1.54, 1.807) is 0 Å². The molecule has 1 saturated heterocycles. The molecule has 90 valence electrons. The van der Waals surface area contributed by atoms with E-state index < -0.39 is 0 Å². The number of nitrogens with zero attached hydrogens (tertiary/aromatic N) is 2. The first-order chi connectivity index (χ1) is 6.93. The van der Waals surface area contributed by atoms with Gasteiger partial charge in [0.25, 0.3) is 0 Å². The van der Waals surface area contributed by atoms with Crippen molar-refractivity contribution in [3.63, 3.8) is 0 Å². The molecule has 1 fully saturated rings. The Labute approximate surface area is 95.6 Å². The zero-order valence-corrected chi connectivity index (χ0v) is 11.2. The van der Waals surface area contributed by atoms with Crippen LogP contribution in [0, 0.1) is 5.92 Å². The second-order valence-corrected chi connectivity index (χ2v) is 5.96. The van der Waals surface area contributed by atoms with E-state index in [9.17, 15) is 0 Å². The summed E-state index contributed by atoms with van der Waals surface area (Å²) in [4.78, 5) is 5.06. The average molecular weight is 212 g/mol. The third kappa shape index (κ3) is 4.12. The minimum atomic E-state index is 0.363. The van der Waals surface area contributed by atoms with Crippen LogP contribution in [0.3, 0.4) is 0 Å². The maximum Gasteiger partial charge on any atom is 0.0125 e. The summed E-state index contributed by atoms with van der Waals surface area (Å²) in [5.41, 5.74) is 0.363. The highest BCUT2D eigenvalue weighted by Crippen LogP contribution is 2.23. The lowest BCUT2D eigenvalue weighted by molar-refractivity contribution is 0.0782. The van der Waals surface area contributed by atoms with Crippen LogP contribution in [0.5, 0.6) is 0 Å². The predicted molar refractivity (Wildman–Crippen MR) is 67.2 cm³/mol. The highest BCUT2D eigenvalue weighted by Gasteiger charge is 2.26. The summed E-state index contributed by atoms with van der Waals surface area (Å²) in [7, 11) is 2.23. The van der Waals surface area contributed by atoms with E-state index in [0.29, 0.717) is 5.54 Å². The predicted octanol–water partition coefficient (Wildman–Crippen LogP) is 2.45. The van der Waals surface area contributed by atoms with Crippen LogP contribution in [0.2, 0.25) is 0 Å². The van der Waals surface area contributed by atoms with E-state index in [2.05, 4.69) is 44.5 Å². The Morgan fingerprint density at radius 1 is 1.20 bits per heavy atom. The van der Waals surface area contributed by atoms with Crippen LogP contribution in [0.25, 0.3) is 0 Å². The molecule has 1 aliphatic rings. The van der Waals surface area contributed by atoms with Crippen LogP contribution in [-0.2, 0) is 0 Å². The fourth-order valence-corrected chi connectivity index (χ4v) is 2.36. The molecule has 0 amide bonds. The largest absolute Gasteiger partial charge is 0.306 e. The van der Waals surface area contributed by atoms with Crippen molar-refractivity contribution in [2.75, 3.05) is 33.2 Å². The SMILES string of the molecule is CCN(C)CC1CCN(C(C)(C)C)CC1. The summed E-state index contributed by atoms with van der Waals surface area (Å²) in [6, 6.07) is 0. The van der Waals surface area contributed by atoms with Gasteiger partial charge < -0.3 is 4.90 Å². The zero-order chi connectivity index (χ0) is 11.5. The monoisotopic (exact) mass is 212 g/mol. The molecule has 1 aliphatic heterocycles. The van der Waals surface area contributed by atoms with Crippen LogP contribution < -0.4 is 0 Å². The van der Waals surface area contributed by atoms with Gasteiger partial charge in [0, 0.05) is 12.1 Å². The van der Waals surface area contributed by atoms with Gasteiger partial charge in [-0.25, -0.2) is 0 Å². The number of hydrogen-bond donors (Lipinski definition) is 0. The van der Waals surface area contributed by atoms with E-state index in [4.69, 9.17) is 0 Å². The molecule has 0 bridgehead atoms. The van der Waals surface area contributed by atoms with Gasteiger partial charge in [-0.2, -0.15) is 0 Å². The second-order valence-electron chi connectivity index (χ2n) is 5.96. The second kappa shape index (κ2) is 5.31. The molecule has 0 unspecified atom stereocenters. The third-order valence-corrected chi connectivity index (χ3v) is 3.67. The van der Waals surface area contributed by atoms with E-state index >= 15 is 0 Å². The highest BCUT2D eigenvalue weighted by molar-refractivity contribution is 4.82. The van der Waals surface area contributed by atoms with Crippen molar-refractivity contribution < 1.29 is 0 Å². The van der Waals surface area contributed by atoms with Gasteiger partial charge in [0.15, 0.2) is 0 Å². The van der Waals surface area contributed by atoms with Crippen molar-refractivity contribution in [1.82, 2.24) is 9.80 Å². The van der Waals surface area contributed by atoms with Crippen molar-refractivity contribution in [2.45, 2.75) is 46.1 Å². The zero-order valence-electron chi connectivity index (χ0n) is 11.2. The lowest BCUT2D eigenvalue weighted by atomic mass is 9.93. The molecular formula is C13H28N2. The summed E-state index contributed by atoms with van der Waals surface area (Å²) in [6.45, 7) is 14.2. The Hall–Kier alpha value is -0.0800. The summed E-state index contributed by atoms with van der Waals surface area (Å²) in [5.74, 6) is 0.925. The topological polar surface area (TPSA) is 6.48 Å². The van der Waals surface area contributed by atoms with Gasteiger partial charge in [-0.1, -0.05) is 6.92 Å². The molecule has 1 rings (SSSR count). The van der Waals surface area contributed by atoms with Gasteiger partial charge in [0.2, 0.25) is 0 Å². The van der Waals surface area contributed by atoms with Crippen molar-refractivity contribution in [2.24, 2.45) is 5.92 Å². The summed E-state index contributed by atoms with van der Waals surface area (Å²) in [6.07, 6.45) is 2.75. The Morgan fingerprint density at radius 2 is 1.73 bits per heavy atom. The Kier molecular flexibility index (Phi) is 4.60. The first-order valence-corrected chi connectivity index (χ1v) is 6.37. The number of likely N-dealkylation sites (tertiary alicyclic amines) is 1.